The number of rotatable bonds is 4. The summed E-state index contributed by atoms with van der Waals surface area (Å²) in [6, 6.07) is 5.23. The predicted octanol–water partition coefficient (Wildman–Crippen LogP) is 1.00. The second-order valence-electron chi connectivity index (χ2n) is 4.41. The number of nitrogens with zero attached hydrogens (tertiary/aromatic N) is 2. The molecule has 0 saturated heterocycles. The molecule has 6 N–H and O–H groups in total. The minimum atomic E-state index is -0.463. The Balaban J connectivity index is 0.00000161. The Hall–Kier alpha value is -2.38. The van der Waals surface area contributed by atoms with Crippen LogP contribution in [0.1, 0.15) is 10.4 Å². The average Bonchev–Trinajstić information content (AvgIpc) is 2.83. The minimum Gasteiger partial charge on any atom is -0.368 e. The molecular formula is C13H15ClN6O. The molecule has 0 bridgehead atoms. The number of benzene rings is 1. The number of halogens is 1. The zero-order chi connectivity index (χ0) is 14.1. The molecule has 8 heteroatoms. The lowest BCUT2D eigenvalue weighted by atomic mass is 10.1. The number of primary amides is 1. The number of anilines is 1. The zero-order valence-electron chi connectivity index (χ0n) is 11.1. The molecule has 3 rings (SSSR count). The van der Waals surface area contributed by atoms with Gasteiger partial charge in [-0.25, -0.2) is 9.97 Å². The first-order chi connectivity index (χ1) is 9.70. The van der Waals surface area contributed by atoms with Crippen molar-refractivity contribution in [2.24, 2.45) is 11.5 Å². The number of aromatic nitrogens is 3. The number of nitrogens with two attached hydrogens (primary N) is 2. The van der Waals surface area contributed by atoms with Gasteiger partial charge in [-0.15, -0.1) is 12.4 Å². The van der Waals surface area contributed by atoms with Gasteiger partial charge in [0.1, 0.15) is 17.8 Å². The molecule has 0 aliphatic carbocycles. The normalized spacial score (nSPS) is 10.5. The lowest BCUT2D eigenvalue weighted by molar-refractivity contribution is 0.100. The smallest absolute Gasteiger partial charge is 0.248 e. The van der Waals surface area contributed by atoms with E-state index in [1.165, 1.54) is 6.33 Å². The van der Waals surface area contributed by atoms with E-state index < -0.39 is 5.91 Å². The number of H-pyrrole nitrogens is 1. The van der Waals surface area contributed by atoms with Crippen molar-refractivity contribution in [1.29, 1.82) is 0 Å². The van der Waals surface area contributed by atoms with Crippen LogP contribution in [0.2, 0.25) is 0 Å². The summed E-state index contributed by atoms with van der Waals surface area (Å²) < 4.78 is 0. The first-order valence-electron chi connectivity index (χ1n) is 6.21. The van der Waals surface area contributed by atoms with Crippen LogP contribution in [0.25, 0.3) is 21.9 Å². The van der Waals surface area contributed by atoms with Crippen molar-refractivity contribution in [1.82, 2.24) is 15.0 Å². The van der Waals surface area contributed by atoms with E-state index in [0.717, 1.165) is 16.3 Å². The lowest BCUT2D eigenvalue weighted by Crippen LogP contribution is -2.14. The molecule has 7 nitrogen and oxygen atoms in total. The molecule has 1 aromatic carbocycles. The van der Waals surface area contributed by atoms with Gasteiger partial charge in [-0.3, -0.25) is 4.79 Å². The molecular weight excluding hydrogens is 292 g/mol. The second-order valence-corrected chi connectivity index (χ2v) is 4.41. The third-order valence-corrected chi connectivity index (χ3v) is 3.11. The molecule has 0 saturated carbocycles. The highest BCUT2D eigenvalue weighted by Gasteiger charge is 2.12. The van der Waals surface area contributed by atoms with Crippen LogP contribution < -0.4 is 16.8 Å². The number of hydrogen-bond acceptors (Lipinski definition) is 5. The van der Waals surface area contributed by atoms with Gasteiger partial charge in [-0.05, 0) is 18.2 Å². The Bertz CT molecular complexity index is 800. The molecule has 2 aromatic heterocycles. The summed E-state index contributed by atoms with van der Waals surface area (Å²) in [6.07, 6.45) is 1.48. The van der Waals surface area contributed by atoms with Crippen molar-refractivity contribution in [3.8, 4) is 0 Å². The summed E-state index contributed by atoms with van der Waals surface area (Å²) in [4.78, 5) is 22.9. The minimum absolute atomic E-state index is 0. The van der Waals surface area contributed by atoms with Crippen molar-refractivity contribution < 1.29 is 4.79 Å². The number of fused-ring (bicyclic) bond motifs is 3. The van der Waals surface area contributed by atoms with Gasteiger partial charge >= 0.3 is 0 Å². The lowest BCUT2D eigenvalue weighted by Gasteiger charge is -2.04. The molecule has 1 amide bonds. The molecule has 110 valence electrons. The number of amides is 1. The van der Waals surface area contributed by atoms with Crippen LogP contribution in [-0.4, -0.2) is 33.9 Å². The standard InChI is InChI=1S/C13H14N6O.ClH/c14-3-4-16-12-10-8-5-7(11(15)20)1-2-9(8)19-13(10)18-6-17-12;/h1-2,5-6H,3-4,14H2,(H2,15,20)(H2,16,17,18,19);1H. The van der Waals surface area contributed by atoms with E-state index in [4.69, 9.17) is 11.5 Å². The summed E-state index contributed by atoms with van der Waals surface area (Å²) in [6.45, 7) is 1.11. The SMILES string of the molecule is Cl.NCCNc1ncnc2[nH]c3ccc(C(N)=O)cc3c12. The van der Waals surface area contributed by atoms with Crippen molar-refractivity contribution in [2.45, 2.75) is 0 Å². The van der Waals surface area contributed by atoms with Crippen molar-refractivity contribution in [2.75, 3.05) is 18.4 Å². The summed E-state index contributed by atoms with van der Waals surface area (Å²) in [5.74, 6) is 0.225. The van der Waals surface area contributed by atoms with Gasteiger partial charge < -0.3 is 21.8 Å². The van der Waals surface area contributed by atoms with E-state index in [0.29, 0.717) is 30.1 Å². The maximum absolute atomic E-state index is 11.3. The van der Waals surface area contributed by atoms with E-state index >= 15 is 0 Å². The van der Waals surface area contributed by atoms with Crippen LogP contribution in [0.5, 0.6) is 0 Å². The molecule has 0 aliphatic heterocycles. The van der Waals surface area contributed by atoms with Crippen molar-refractivity contribution in [3.05, 3.63) is 30.1 Å². The Kier molecular flexibility index (Phi) is 4.25. The van der Waals surface area contributed by atoms with Crippen LogP contribution in [0.15, 0.2) is 24.5 Å². The van der Waals surface area contributed by atoms with E-state index in [1.54, 1.807) is 12.1 Å². The van der Waals surface area contributed by atoms with Crippen LogP contribution in [0.3, 0.4) is 0 Å². The third kappa shape index (κ3) is 2.61. The van der Waals surface area contributed by atoms with Gasteiger partial charge in [0.2, 0.25) is 5.91 Å². The fourth-order valence-corrected chi connectivity index (χ4v) is 2.20. The molecule has 0 unspecified atom stereocenters. The maximum atomic E-state index is 11.3. The van der Waals surface area contributed by atoms with Gasteiger partial charge in [-0.2, -0.15) is 0 Å². The number of hydrogen-bond donors (Lipinski definition) is 4. The average molecular weight is 307 g/mol. The fourth-order valence-electron chi connectivity index (χ4n) is 2.20. The van der Waals surface area contributed by atoms with Crippen LogP contribution in [0.4, 0.5) is 5.82 Å². The number of nitrogens with one attached hydrogen (secondary N) is 2. The maximum Gasteiger partial charge on any atom is 0.248 e. The van der Waals surface area contributed by atoms with Gasteiger partial charge in [0.15, 0.2) is 0 Å². The van der Waals surface area contributed by atoms with E-state index in [2.05, 4.69) is 20.3 Å². The summed E-state index contributed by atoms with van der Waals surface area (Å²) in [5.41, 5.74) is 12.9. The Morgan fingerprint density at radius 3 is 2.86 bits per heavy atom. The number of carbonyl (C=O) groups is 1. The Labute approximate surface area is 126 Å². The van der Waals surface area contributed by atoms with Gasteiger partial charge in [0.25, 0.3) is 0 Å². The highest BCUT2D eigenvalue weighted by atomic mass is 35.5. The monoisotopic (exact) mass is 306 g/mol. The molecule has 0 aliphatic rings. The van der Waals surface area contributed by atoms with Crippen molar-refractivity contribution in [3.63, 3.8) is 0 Å². The highest BCUT2D eigenvalue weighted by Crippen LogP contribution is 2.29. The summed E-state index contributed by atoms with van der Waals surface area (Å²) >= 11 is 0. The topological polar surface area (TPSA) is 123 Å². The summed E-state index contributed by atoms with van der Waals surface area (Å²) in [7, 11) is 0. The highest BCUT2D eigenvalue weighted by molar-refractivity contribution is 6.12. The molecule has 3 aromatic rings. The van der Waals surface area contributed by atoms with Crippen LogP contribution in [-0.2, 0) is 0 Å². The largest absolute Gasteiger partial charge is 0.368 e. The molecule has 2 heterocycles. The van der Waals surface area contributed by atoms with E-state index in [9.17, 15) is 4.79 Å². The van der Waals surface area contributed by atoms with E-state index in [-0.39, 0.29) is 12.4 Å². The van der Waals surface area contributed by atoms with Gasteiger partial charge in [0.05, 0.1) is 5.39 Å². The Morgan fingerprint density at radius 1 is 1.33 bits per heavy atom. The van der Waals surface area contributed by atoms with Crippen molar-refractivity contribution >= 4 is 46.1 Å². The Morgan fingerprint density at radius 2 is 2.14 bits per heavy atom. The van der Waals surface area contributed by atoms with Crippen LogP contribution >= 0.6 is 12.4 Å². The molecule has 0 atom stereocenters. The molecule has 0 radical (unpaired) electrons. The first-order valence-corrected chi connectivity index (χ1v) is 6.21. The van der Waals surface area contributed by atoms with Gasteiger partial charge in [-0.1, -0.05) is 0 Å². The van der Waals surface area contributed by atoms with E-state index in [1.807, 2.05) is 6.07 Å². The quantitative estimate of drug-likeness (QED) is 0.572. The third-order valence-electron chi connectivity index (χ3n) is 3.11. The van der Waals surface area contributed by atoms with Gasteiger partial charge in [0, 0.05) is 29.6 Å². The molecule has 21 heavy (non-hydrogen) atoms. The van der Waals surface area contributed by atoms with Crippen LogP contribution in [0, 0.1) is 0 Å². The fraction of sp³-hybridized carbons (Fsp3) is 0.154. The molecule has 0 spiro atoms. The number of aromatic amines is 1. The second kappa shape index (κ2) is 5.94. The number of carbonyl (C=O) groups excluding carboxylic acids is 1. The summed E-state index contributed by atoms with van der Waals surface area (Å²) in [5, 5.41) is 4.84. The molecule has 0 fully saturated rings. The zero-order valence-corrected chi connectivity index (χ0v) is 11.9. The predicted molar refractivity (Wildman–Crippen MR) is 84.7 cm³/mol. The first kappa shape index (κ1) is 15.0.